The van der Waals surface area contributed by atoms with E-state index in [1.165, 1.54) is 6.92 Å². The van der Waals surface area contributed by atoms with Crippen molar-refractivity contribution in [2.75, 3.05) is 32.8 Å². The number of amides is 1. The van der Waals surface area contributed by atoms with Crippen LogP contribution in [-0.4, -0.2) is 66.9 Å². The highest BCUT2D eigenvalue weighted by Crippen LogP contribution is 2.42. The Morgan fingerprint density at radius 3 is 2.34 bits per heavy atom. The molecule has 0 bridgehead atoms. The van der Waals surface area contributed by atoms with Crippen LogP contribution in [0, 0.1) is 5.92 Å². The maximum absolute atomic E-state index is 12.4. The van der Waals surface area contributed by atoms with Gasteiger partial charge in [0.25, 0.3) is 5.91 Å². The van der Waals surface area contributed by atoms with Gasteiger partial charge in [-0.2, -0.15) is 0 Å². The van der Waals surface area contributed by atoms with E-state index in [0.29, 0.717) is 6.54 Å². The molecule has 1 amide bonds. The molecule has 0 unspecified atom stereocenters. The van der Waals surface area contributed by atoms with Gasteiger partial charge in [0.1, 0.15) is 0 Å². The normalized spacial score (nSPS) is 23.1. The van der Waals surface area contributed by atoms with Crippen LogP contribution in [-0.2, 0) is 41.7 Å². The molecular formula is C35H42N2O7. The maximum atomic E-state index is 12.4. The molecule has 9 heteroatoms. The number of hydrogen-bond donors (Lipinski definition) is 2. The molecule has 0 saturated carbocycles. The first-order valence-electron chi connectivity index (χ1n) is 15.3. The second-order valence-corrected chi connectivity index (χ2v) is 11.5. The summed E-state index contributed by atoms with van der Waals surface area (Å²) >= 11 is 0. The minimum absolute atomic E-state index is 0.00198. The molecule has 0 radical (unpaired) electrons. The van der Waals surface area contributed by atoms with Crippen LogP contribution in [0.2, 0.25) is 0 Å². The van der Waals surface area contributed by atoms with Crippen molar-refractivity contribution in [3.63, 3.8) is 0 Å². The average Bonchev–Trinajstić information content (AvgIpc) is 3.05. The standard InChI is InChI=1S/C35H42N2O7/c1-23-32(21-37-16-18-41-19-17-37)43-35(44-33(23)28-10-8-26(22-38)9-11-28)29-14-12-27(13-15-29)31-7-5-4-6-30(31)20-36-34(40)24(2)42-25(3)39/h4-15,23-24,32-33,35,38H,16-22H2,1-3H3,(H,36,40)/t23-,24+,32+,33+,35+/m1/s1. The van der Waals surface area contributed by atoms with E-state index < -0.39 is 18.4 Å². The number of esters is 1. The lowest BCUT2D eigenvalue weighted by Gasteiger charge is -2.43. The fourth-order valence-corrected chi connectivity index (χ4v) is 5.77. The molecule has 2 fully saturated rings. The molecule has 0 aliphatic carbocycles. The molecule has 2 aliphatic rings. The third kappa shape index (κ3) is 7.91. The van der Waals surface area contributed by atoms with E-state index in [-0.39, 0.29) is 30.6 Å². The van der Waals surface area contributed by atoms with Gasteiger partial charge >= 0.3 is 5.97 Å². The largest absolute Gasteiger partial charge is 0.453 e. The zero-order valence-electron chi connectivity index (χ0n) is 25.6. The van der Waals surface area contributed by atoms with Gasteiger partial charge in [0.15, 0.2) is 12.4 Å². The van der Waals surface area contributed by atoms with Gasteiger partial charge in [-0.05, 0) is 34.7 Å². The van der Waals surface area contributed by atoms with E-state index in [1.807, 2.05) is 72.8 Å². The minimum Gasteiger partial charge on any atom is -0.453 e. The van der Waals surface area contributed by atoms with Crippen LogP contribution in [0.4, 0.5) is 0 Å². The lowest BCUT2D eigenvalue weighted by Crippen LogP contribution is -2.47. The van der Waals surface area contributed by atoms with Gasteiger partial charge in [0.2, 0.25) is 0 Å². The molecule has 44 heavy (non-hydrogen) atoms. The summed E-state index contributed by atoms with van der Waals surface area (Å²) in [4.78, 5) is 26.0. The number of carbonyl (C=O) groups excluding carboxylic acids is 2. The van der Waals surface area contributed by atoms with Crippen LogP contribution in [0.5, 0.6) is 0 Å². The van der Waals surface area contributed by atoms with Crippen LogP contribution >= 0.6 is 0 Å². The van der Waals surface area contributed by atoms with Crippen molar-refractivity contribution in [3.05, 3.63) is 95.1 Å². The predicted octanol–water partition coefficient (Wildman–Crippen LogP) is 4.54. The number of ether oxygens (including phenoxy) is 4. The Labute approximate surface area is 259 Å². The Morgan fingerprint density at radius 2 is 1.66 bits per heavy atom. The van der Waals surface area contributed by atoms with Crippen molar-refractivity contribution in [1.29, 1.82) is 0 Å². The molecule has 3 aromatic rings. The zero-order chi connectivity index (χ0) is 31.1. The fourth-order valence-electron chi connectivity index (χ4n) is 5.77. The summed E-state index contributed by atoms with van der Waals surface area (Å²) in [6, 6.07) is 24.0. The lowest BCUT2D eigenvalue weighted by molar-refractivity contribution is -0.277. The molecule has 0 spiro atoms. The molecule has 5 atom stereocenters. The second-order valence-electron chi connectivity index (χ2n) is 11.5. The van der Waals surface area contributed by atoms with Gasteiger partial charge in [-0.1, -0.05) is 79.7 Å². The molecule has 2 heterocycles. The number of rotatable bonds is 10. The van der Waals surface area contributed by atoms with E-state index in [2.05, 4.69) is 17.1 Å². The van der Waals surface area contributed by atoms with Crippen molar-refractivity contribution in [2.24, 2.45) is 5.92 Å². The minimum atomic E-state index is -0.860. The van der Waals surface area contributed by atoms with Crippen LogP contribution in [0.1, 0.15) is 55.4 Å². The number of hydrogen-bond acceptors (Lipinski definition) is 8. The summed E-state index contributed by atoms with van der Waals surface area (Å²) in [5, 5.41) is 12.4. The van der Waals surface area contributed by atoms with Crippen LogP contribution < -0.4 is 5.32 Å². The van der Waals surface area contributed by atoms with Crippen LogP contribution in [0.25, 0.3) is 11.1 Å². The average molecular weight is 603 g/mol. The number of nitrogens with zero attached hydrogens (tertiary/aromatic N) is 1. The Balaban J connectivity index is 1.34. The molecule has 2 N–H and O–H groups in total. The van der Waals surface area contributed by atoms with Crippen molar-refractivity contribution >= 4 is 11.9 Å². The topological polar surface area (TPSA) is 107 Å². The van der Waals surface area contributed by atoms with Crippen molar-refractivity contribution < 1.29 is 33.6 Å². The summed E-state index contributed by atoms with van der Waals surface area (Å²) < 4.78 is 23.8. The third-order valence-corrected chi connectivity index (χ3v) is 8.34. The smallest absolute Gasteiger partial charge is 0.303 e. The van der Waals surface area contributed by atoms with E-state index in [0.717, 1.165) is 66.2 Å². The Morgan fingerprint density at radius 1 is 0.977 bits per heavy atom. The van der Waals surface area contributed by atoms with Crippen molar-refractivity contribution in [1.82, 2.24) is 10.2 Å². The van der Waals surface area contributed by atoms with Crippen LogP contribution in [0.3, 0.4) is 0 Å². The van der Waals surface area contributed by atoms with E-state index in [4.69, 9.17) is 18.9 Å². The summed E-state index contributed by atoms with van der Waals surface area (Å²) in [6.07, 6.45) is -1.63. The zero-order valence-corrected chi connectivity index (χ0v) is 25.6. The highest BCUT2D eigenvalue weighted by atomic mass is 16.7. The first-order valence-corrected chi connectivity index (χ1v) is 15.3. The third-order valence-electron chi connectivity index (χ3n) is 8.34. The second kappa shape index (κ2) is 14.9. The first kappa shape index (κ1) is 31.8. The van der Waals surface area contributed by atoms with E-state index in [9.17, 15) is 14.7 Å². The molecule has 5 rings (SSSR count). The fraction of sp³-hybridized carbons (Fsp3) is 0.429. The Kier molecular flexibility index (Phi) is 10.8. The molecular weight excluding hydrogens is 560 g/mol. The van der Waals surface area contributed by atoms with Gasteiger partial charge < -0.3 is 29.4 Å². The van der Waals surface area contributed by atoms with Crippen molar-refractivity contribution in [2.45, 2.75) is 58.5 Å². The predicted molar refractivity (Wildman–Crippen MR) is 165 cm³/mol. The number of aliphatic hydroxyl groups is 1. The number of nitrogens with one attached hydrogen (secondary N) is 1. The number of benzene rings is 3. The highest BCUT2D eigenvalue weighted by molar-refractivity contribution is 5.83. The van der Waals surface area contributed by atoms with Gasteiger partial charge in [0, 0.05) is 44.6 Å². The van der Waals surface area contributed by atoms with Crippen molar-refractivity contribution in [3.8, 4) is 11.1 Å². The number of carbonyl (C=O) groups is 2. The summed E-state index contributed by atoms with van der Waals surface area (Å²) in [5.74, 6) is -0.732. The summed E-state index contributed by atoms with van der Waals surface area (Å²) in [7, 11) is 0. The quantitative estimate of drug-likeness (QED) is 0.326. The number of aliphatic hydroxyl groups excluding tert-OH is 1. The van der Waals surface area contributed by atoms with Gasteiger partial charge in [-0.3, -0.25) is 14.5 Å². The lowest BCUT2D eigenvalue weighted by atomic mass is 9.90. The van der Waals surface area contributed by atoms with Gasteiger partial charge in [-0.15, -0.1) is 0 Å². The molecule has 2 saturated heterocycles. The SMILES string of the molecule is CC(=O)O[C@@H](C)C(=O)NCc1ccccc1-c1ccc([C@H]2O[C@@H](CN3CCOCC3)[C@@H](C)[C@@H](c3ccc(CO)cc3)O2)cc1. The Bertz CT molecular complexity index is 1390. The Hall–Kier alpha value is -3.60. The van der Waals surface area contributed by atoms with E-state index in [1.54, 1.807) is 6.92 Å². The van der Waals surface area contributed by atoms with Gasteiger partial charge in [0.05, 0.1) is 32.0 Å². The molecule has 234 valence electrons. The summed E-state index contributed by atoms with van der Waals surface area (Å²) in [5.41, 5.74) is 5.78. The highest BCUT2D eigenvalue weighted by Gasteiger charge is 2.39. The number of morpholine rings is 1. The maximum Gasteiger partial charge on any atom is 0.303 e. The van der Waals surface area contributed by atoms with Crippen LogP contribution in [0.15, 0.2) is 72.8 Å². The molecule has 9 nitrogen and oxygen atoms in total. The molecule has 3 aromatic carbocycles. The first-order chi connectivity index (χ1) is 21.3. The monoisotopic (exact) mass is 602 g/mol. The summed E-state index contributed by atoms with van der Waals surface area (Å²) in [6.45, 7) is 9.33. The molecule has 0 aromatic heterocycles. The van der Waals surface area contributed by atoms with Gasteiger partial charge in [-0.25, -0.2) is 0 Å². The molecule has 2 aliphatic heterocycles. The van der Waals surface area contributed by atoms with E-state index >= 15 is 0 Å².